The number of thioether (sulfide) groups is 1. The Morgan fingerprint density at radius 1 is 1.13 bits per heavy atom. The normalized spacial score (nSPS) is 11.1. The summed E-state index contributed by atoms with van der Waals surface area (Å²) >= 11 is 7.41. The summed E-state index contributed by atoms with van der Waals surface area (Å²) in [5.74, 6) is 6.22. The van der Waals surface area contributed by atoms with Crippen LogP contribution in [0.15, 0.2) is 47.4 Å². The maximum Gasteiger partial charge on any atom is 0.250 e. The van der Waals surface area contributed by atoms with E-state index < -0.39 is 6.10 Å². The topological polar surface area (TPSA) is 56.8 Å². The van der Waals surface area contributed by atoms with E-state index in [0.29, 0.717) is 35.2 Å². The fourth-order valence-electron chi connectivity index (χ4n) is 2.60. The van der Waals surface area contributed by atoms with Gasteiger partial charge in [-0.3, -0.25) is 4.79 Å². The molecule has 0 aliphatic rings. The van der Waals surface area contributed by atoms with Crippen LogP contribution in [0.3, 0.4) is 0 Å². The van der Waals surface area contributed by atoms with Gasteiger partial charge in [-0.15, -0.1) is 24.6 Å². The minimum Gasteiger partial charge on any atom is -0.493 e. The van der Waals surface area contributed by atoms with Crippen molar-refractivity contribution in [2.24, 2.45) is 0 Å². The van der Waals surface area contributed by atoms with Crippen molar-refractivity contribution in [2.75, 3.05) is 32.6 Å². The molecule has 162 valence electrons. The summed E-state index contributed by atoms with van der Waals surface area (Å²) in [4.78, 5) is 13.6. The smallest absolute Gasteiger partial charge is 0.250 e. The summed E-state index contributed by atoms with van der Waals surface area (Å²) in [5, 5.41) is 3.57. The third kappa shape index (κ3) is 8.47. The molecule has 1 amide bonds. The lowest BCUT2D eigenvalue weighted by molar-refractivity contribution is -0.130. The molecule has 0 bridgehead atoms. The van der Waals surface area contributed by atoms with Gasteiger partial charge >= 0.3 is 0 Å². The van der Waals surface area contributed by atoms with Crippen LogP contribution in [0.2, 0.25) is 5.02 Å². The molecule has 0 aromatic heterocycles. The van der Waals surface area contributed by atoms with Crippen molar-refractivity contribution in [2.45, 2.75) is 17.4 Å². The number of ether oxygens (including phenoxy) is 3. The number of methoxy groups -OCH3 is 1. The van der Waals surface area contributed by atoms with Gasteiger partial charge in [0.1, 0.15) is 19.3 Å². The Balaban J connectivity index is 1.89. The van der Waals surface area contributed by atoms with Gasteiger partial charge in [0.15, 0.2) is 11.5 Å². The second-order valence-corrected chi connectivity index (χ2v) is 7.82. The van der Waals surface area contributed by atoms with Crippen molar-refractivity contribution in [3.05, 3.63) is 53.1 Å². The maximum absolute atomic E-state index is 12.6. The van der Waals surface area contributed by atoms with Crippen molar-refractivity contribution < 1.29 is 19.0 Å². The van der Waals surface area contributed by atoms with E-state index in [4.69, 9.17) is 38.7 Å². The highest BCUT2D eigenvalue weighted by molar-refractivity contribution is 7.99. The molecule has 0 spiro atoms. The van der Waals surface area contributed by atoms with Crippen molar-refractivity contribution in [1.29, 1.82) is 0 Å². The van der Waals surface area contributed by atoms with Crippen molar-refractivity contribution in [1.82, 2.24) is 5.32 Å². The van der Waals surface area contributed by atoms with Crippen LogP contribution in [-0.4, -0.2) is 44.6 Å². The number of amides is 1. The van der Waals surface area contributed by atoms with E-state index in [9.17, 15) is 4.79 Å². The van der Waals surface area contributed by atoms with Crippen LogP contribution >= 0.6 is 23.4 Å². The lowest BCUT2D eigenvalue weighted by Crippen LogP contribution is -2.39. The summed E-state index contributed by atoms with van der Waals surface area (Å²) in [7, 11) is 1.56. The maximum atomic E-state index is 12.6. The first-order valence-corrected chi connectivity index (χ1v) is 10.9. The molecule has 0 unspecified atom stereocenters. The molecule has 0 fully saturated rings. The third-order valence-electron chi connectivity index (χ3n) is 4.13. The summed E-state index contributed by atoms with van der Waals surface area (Å²) in [5.41, 5.74) is 0.988. The monoisotopic (exact) mass is 457 g/mol. The number of rotatable bonds is 12. The molecular formula is C24H24ClNO4S. The number of carbonyl (C=O) groups is 1. The largest absolute Gasteiger partial charge is 0.493 e. The van der Waals surface area contributed by atoms with E-state index in [1.165, 1.54) is 11.8 Å². The molecule has 2 aromatic rings. The molecule has 0 aliphatic carbocycles. The number of benzene rings is 2. The molecule has 1 N–H and O–H groups in total. The van der Waals surface area contributed by atoms with Crippen LogP contribution in [0.4, 0.5) is 0 Å². The summed E-state index contributed by atoms with van der Waals surface area (Å²) in [6.07, 6.45) is 10.5. The molecule has 5 nitrogen and oxygen atoms in total. The molecule has 2 aromatic carbocycles. The lowest BCUT2D eigenvalue weighted by Gasteiger charge is -2.16. The summed E-state index contributed by atoms with van der Waals surface area (Å²) < 4.78 is 16.3. The van der Waals surface area contributed by atoms with E-state index in [-0.39, 0.29) is 19.1 Å². The van der Waals surface area contributed by atoms with Gasteiger partial charge in [-0.05, 0) is 48.4 Å². The predicted molar refractivity (Wildman–Crippen MR) is 125 cm³/mol. The fraction of sp³-hybridized carbons (Fsp3) is 0.292. The number of hydrogen-bond donors (Lipinski definition) is 1. The molecule has 0 radical (unpaired) electrons. The Morgan fingerprint density at radius 3 is 2.55 bits per heavy atom. The van der Waals surface area contributed by atoms with Gasteiger partial charge in [-0.1, -0.05) is 29.5 Å². The molecule has 2 rings (SSSR count). The number of halogens is 1. The second kappa shape index (κ2) is 13.5. The van der Waals surface area contributed by atoms with Crippen LogP contribution in [0.1, 0.15) is 5.56 Å². The zero-order chi connectivity index (χ0) is 22.5. The first-order valence-electron chi connectivity index (χ1n) is 9.51. The van der Waals surface area contributed by atoms with E-state index >= 15 is 0 Å². The van der Waals surface area contributed by atoms with Gasteiger partial charge in [0.05, 0.1) is 7.11 Å². The first kappa shape index (κ1) is 24.5. The van der Waals surface area contributed by atoms with E-state index in [2.05, 4.69) is 17.2 Å². The molecule has 0 aliphatic heterocycles. The van der Waals surface area contributed by atoms with Gasteiger partial charge in [0, 0.05) is 22.2 Å². The van der Waals surface area contributed by atoms with E-state index in [1.54, 1.807) is 25.3 Å². The first-order chi connectivity index (χ1) is 15.1. The Labute approximate surface area is 192 Å². The summed E-state index contributed by atoms with van der Waals surface area (Å²) in [6.45, 7) is 0.669. The number of terminal acetylenes is 2. The Kier molecular flexibility index (Phi) is 10.7. The quantitative estimate of drug-likeness (QED) is 0.388. The molecule has 0 saturated carbocycles. The van der Waals surface area contributed by atoms with Crippen LogP contribution in [0, 0.1) is 24.7 Å². The van der Waals surface area contributed by atoms with Gasteiger partial charge < -0.3 is 19.5 Å². The van der Waals surface area contributed by atoms with Gasteiger partial charge in [-0.25, -0.2) is 0 Å². The Hall–Kier alpha value is -2.77. The number of nitrogens with one attached hydrogen (secondary N) is 1. The zero-order valence-corrected chi connectivity index (χ0v) is 18.8. The zero-order valence-electron chi connectivity index (χ0n) is 17.2. The van der Waals surface area contributed by atoms with Crippen molar-refractivity contribution >= 4 is 29.3 Å². The number of hydrogen-bond acceptors (Lipinski definition) is 5. The average Bonchev–Trinajstić information content (AvgIpc) is 2.79. The van der Waals surface area contributed by atoms with Crippen molar-refractivity contribution in [3.63, 3.8) is 0 Å². The van der Waals surface area contributed by atoms with Gasteiger partial charge in [0.25, 0.3) is 0 Å². The highest BCUT2D eigenvalue weighted by Gasteiger charge is 2.19. The predicted octanol–water partition coefficient (Wildman–Crippen LogP) is 3.83. The minimum absolute atomic E-state index is 0.0651. The molecule has 1 atom stereocenters. The molecule has 0 heterocycles. The van der Waals surface area contributed by atoms with Crippen LogP contribution < -0.4 is 14.8 Å². The van der Waals surface area contributed by atoms with Gasteiger partial charge in [0.2, 0.25) is 5.91 Å². The lowest BCUT2D eigenvalue weighted by atomic mass is 10.1. The molecular weight excluding hydrogens is 434 g/mol. The average molecular weight is 458 g/mol. The van der Waals surface area contributed by atoms with Crippen LogP contribution in [0.25, 0.3) is 0 Å². The molecule has 31 heavy (non-hydrogen) atoms. The Morgan fingerprint density at radius 2 is 1.87 bits per heavy atom. The van der Waals surface area contributed by atoms with E-state index in [1.807, 2.05) is 24.3 Å². The highest BCUT2D eigenvalue weighted by atomic mass is 35.5. The SMILES string of the molecule is C#CCOc1ccc(CCNC(=O)[C@H](CSc2ccc(Cl)cc2)OCC#C)cc1OC. The second-order valence-electron chi connectivity index (χ2n) is 6.29. The van der Waals surface area contributed by atoms with Crippen LogP contribution in [0.5, 0.6) is 11.5 Å². The van der Waals surface area contributed by atoms with E-state index in [0.717, 1.165) is 10.5 Å². The minimum atomic E-state index is -0.661. The third-order valence-corrected chi connectivity index (χ3v) is 5.45. The summed E-state index contributed by atoms with van der Waals surface area (Å²) in [6, 6.07) is 13.0. The van der Waals surface area contributed by atoms with Crippen molar-refractivity contribution in [3.8, 4) is 36.2 Å². The van der Waals surface area contributed by atoms with Gasteiger partial charge in [-0.2, -0.15) is 0 Å². The highest BCUT2D eigenvalue weighted by Crippen LogP contribution is 2.28. The molecule has 0 saturated heterocycles. The molecule has 7 heteroatoms. The Bertz CT molecular complexity index is 934. The number of carbonyl (C=O) groups excluding carboxylic acids is 1. The fourth-order valence-corrected chi connectivity index (χ4v) is 3.65. The van der Waals surface area contributed by atoms with Crippen LogP contribution in [-0.2, 0) is 16.0 Å². The standard InChI is InChI=1S/C24H24ClNO4S/c1-4-14-29-21-11-6-18(16-22(21)28-3)12-13-26-24(27)23(30-15-5-2)17-31-20-9-7-19(25)8-10-20/h1-2,6-11,16,23H,12-15,17H2,3H3,(H,26,27)/t23-/m0/s1.